The molecule has 0 unspecified atom stereocenters. The van der Waals surface area contributed by atoms with Crippen molar-refractivity contribution in [3.8, 4) is 0 Å². The number of amides is 1. The molecule has 1 amide bonds. The van der Waals surface area contributed by atoms with Crippen LogP contribution in [-0.2, 0) is 11.3 Å². The zero-order valence-electron chi connectivity index (χ0n) is 14.1. The summed E-state index contributed by atoms with van der Waals surface area (Å²) >= 11 is 18.0. The summed E-state index contributed by atoms with van der Waals surface area (Å²) in [6.45, 7) is 4.54. The fraction of sp³-hybridized carbons (Fsp3) is 0.333. The topological polar surface area (TPSA) is 48.5 Å². The number of halogens is 3. The van der Waals surface area contributed by atoms with Crippen LogP contribution in [0.3, 0.4) is 0 Å². The molecule has 1 aromatic carbocycles. The van der Waals surface area contributed by atoms with Gasteiger partial charge in [0, 0.05) is 49.0 Å². The Morgan fingerprint density at radius 2 is 1.69 bits per heavy atom. The smallest absolute Gasteiger partial charge is 0.239 e. The van der Waals surface area contributed by atoms with Gasteiger partial charge in [-0.3, -0.25) is 14.6 Å². The molecule has 5 nitrogen and oxygen atoms in total. The number of benzene rings is 1. The Hall–Kier alpha value is -1.37. The maximum atomic E-state index is 12.1. The van der Waals surface area contributed by atoms with Crippen molar-refractivity contribution in [3.63, 3.8) is 0 Å². The molecule has 2 aromatic rings. The molecule has 1 saturated heterocycles. The second-order valence-corrected chi connectivity index (χ2v) is 7.48. The largest absolute Gasteiger partial charge is 0.310 e. The van der Waals surface area contributed by atoms with Crippen molar-refractivity contribution in [2.24, 2.45) is 0 Å². The Labute approximate surface area is 167 Å². The molecule has 1 N–H and O–H groups in total. The Morgan fingerprint density at radius 3 is 2.35 bits per heavy atom. The minimum Gasteiger partial charge on any atom is -0.310 e. The summed E-state index contributed by atoms with van der Waals surface area (Å²) < 4.78 is 0. The number of carbonyl (C=O) groups excluding carboxylic acids is 1. The summed E-state index contributed by atoms with van der Waals surface area (Å²) in [5.41, 5.74) is 1.07. The van der Waals surface area contributed by atoms with Crippen LogP contribution in [0.2, 0.25) is 15.1 Å². The van der Waals surface area contributed by atoms with Gasteiger partial charge in [0.05, 0.1) is 11.6 Å². The minimum atomic E-state index is -0.0750. The number of piperazine rings is 1. The number of nitrogens with zero attached hydrogens (tertiary/aromatic N) is 3. The first-order valence-electron chi connectivity index (χ1n) is 8.29. The molecule has 1 fully saturated rings. The van der Waals surface area contributed by atoms with Crippen LogP contribution in [-0.4, -0.2) is 53.4 Å². The molecule has 0 spiro atoms. The van der Waals surface area contributed by atoms with E-state index in [-0.39, 0.29) is 5.91 Å². The van der Waals surface area contributed by atoms with Crippen LogP contribution in [0.1, 0.15) is 5.56 Å². The summed E-state index contributed by atoms with van der Waals surface area (Å²) in [4.78, 5) is 20.7. The lowest BCUT2D eigenvalue weighted by Crippen LogP contribution is -2.48. The van der Waals surface area contributed by atoms with E-state index in [0.717, 1.165) is 38.3 Å². The van der Waals surface area contributed by atoms with Gasteiger partial charge in [-0.1, -0.05) is 40.9 Å². The number of rotatable bonds is 5. The van der Waals surface area contributed by atoms with Crippen molar-refractivity contribution < 1.29 is 4.79 Å². The first-order chi connectivity index (χ1) is 12.5. The van der Waals surface area contributed by atoms with Gasteiger partial charge in [0.2, 0.25) is 5.91 Å². The van der Waals surface area contributed by atoms with Crippen LogP contribution < -0.4 is 5.32 Å². The number of nitrogens with one attached hydrogen (secondary N) is 1. The lowest BCUT2D eigenvalue weighted by atomic mass is 10.2. The van der Waals surface area contributed by atoms with Gasteiger partial charge in [-0.15, -0.1) is 0 Å². The fourth-order valence-electron chi connectivity index (χ4n) is 2.83. The predicted octanol–water partition coefficient (Wildman–Crippen LogP) is 3.80. The van der Waals surface area contributed by atoms with Crippen LogP contribution in [0.5, 0.6) is 0 Å². The van der Waals surface area contributed by atoms with Crippen molar-refractivity contribution in [2.75, 3.05) is 38.0 Å². The zero-order chi connectivity index (χ0) is 18.5. The van der Waals surface area contributed by atoms with Crippen LogP contribution in [0.15, 0.2) is 36.5 Å². The van der Waals surface area contributed by atoms with E-state index < -0.39 is 0 Å². The van der Waals surface area contributed by atoms with E-state index in [0.29, 0.717) is 27.4 Å². The quantitative estimate of drug-likeness (QED) is 0.810. The molecular formula is C18H19Cl3N4O. The Morgan fingerprint density at radius 1 is 1.00 bits per heavy atom. The van der Waals surface area contributed by atoms with Gasteiger partial charge in [0.25, 0.3) is 0 Å². The van der Waals surface area contributed by atoms with E-state index in [1.807, 2.05) is 12.1 Å². The van der Waals surface area contributed by atoms with Gasteiger partial charge in [0.15, 0.2) is 0 Å². The first kappa shape index (κ1) is 19.4. The van der Waals surface area contributed by atoms with Gasteiger partial charge in [-0.2, -0.15) is 0 Å². The summed E-state index contributed by atoms with van der Waals surface area (Å²) in [5.74, 6) is 0.435. The molecule has 0 radical (unpaired) electrons. The van der Waals surface area contributed by atoms with E-state index in [9.17, 15) is 4.79 Å². The van der Waals surface area contributed by atoms with Crippen molar-refractivity contribution in [1.29, 1.82) is 0 Å². The van der Waals surface area contributed by atoms with Crippen molar-refractivity contribution in [1.82, 2.24) is 14.8 Å². The molecule has 1 aromatic heterocycles. The van der Waals surface area contributed by atoms with E-state index in [1.165, 1.54) is 6.20 Å². The lowest BCUT2D eigenvalue weighted by molar-refractivity contribution is -0.117. The molecule has 0 bridgehead atoms. The maximum absolute atomic E-state index is 12.1. The van der Waals surface area contributed by atoms with Crippen LogP contribution in [0.4, 0.5) is 5.82 Å². The average molecular weight is 414 g/mol. The molecule has 0 saturated carbocycles. The van der Waals surface area contributed by atoms with Gasteiger partial charge in [-0.05, 0) is 29.8 Å². The van der Waals surface area contributed by atoms with Crippen molar-refractivity contribution in [3.05, 3.63) is 57.2 Å². The molecule has 26 heavy (non-hydrogen) atoms. The number of aromatic nitrogens is 1. The highest BCUT2D eigenvalue weighted by Gasteiger charge is 2.20. The Bertz CT molecular complexity index is 762. The highest BCUT2D eigenvalue weighted by Crippen LogP contribution is 2.22. The molecule has 0 atom stereocenters. The zero-order valence-corrected chi connectivity index (χ0v) is 16.4. The first-order valence-corrected chi connectivity index (χ1v) is 9.43. The number of hydrogen-bond acceptors (Lipinski definition) is 4. The van der Waals surface area contributed by atoms with Gasteiger partial charge >= 0.3 is 0 Å². The number of hydrogen-bond donors (Lipinski definition) is 1. The standard InChI is InChI=1S/C18H19Cl3N4O/c19-14-2-1-13(16(21)9-14)11-24-5-7-25(8-6-24)12-18(26)23-17-4-3-15(20)10-22-17/h1-4,9-10H,5-8,11-12H2,(H,22,23,26). The van der Waals surface area contributed by atoms with E-state index in [1.54, 1.807) is 18.2 Å². The molecule has 3 rings (SSSR count). The van der Waals surface area contributed by atoms with Crippen LogP contribution in [0.25, 0.3) is 0 Å². The molecular weight excluding hydrogens is 395 g/mol. The molecule has 138 valence electrons. The third-order valence-electron chi connectivity index (χ3n) is 4.24. The molecule has 0 aliphatic carbocycles. The summed E-state index contributed by atoms with van der Waals surface area (Å²) in [6, 6.07) is 8.97. The normalized spacial score (nSPS) is 15.8. The molecule has 8 heteroatoms. The lowest BCUT2D eigenvalue weighted by Gasteiger charge is -2.34. The number of carbonyl (C=O) groups is 1. The maximum Gasteiger partial charge on any atom is 0.239 e. The molecule has 1 aliphatic heterocycles. The summed E-state index contributed by atoms with van der Waals surface area (Å²) in [6.07, 6.45) is 1.51. The monoisotopic (exact) mass is 412 g/mol. The predicted molar refractivity (Wildman–Crippen MR) is 106 cm³/mol. The van der Waals surface area contributed by atoms with Crippen LogP contribution >= 0.6 is 34.8 Å². The van der Waals surface area contributed by atoms with Gasteiger partial charge < -0.3 is 5.32 Å². The van der Waals surface area contributed by atoms with Crippen molar-refractivity contribution in [2.45, 2.75) is 6.54 Å². The Balaban J connectivity index is 1.44. The molecule has 2 heterocycles. The summed E-state index contributed by atoms with van der Waals surface area (Å²) in [5, 5.41) is 4.66. The number of pyridine rings is 1. The van der Waals surface area contributed by atoms with Gasteiger partial charge in [-0.25, -0.2) is 4.98 Å². The van der Waals surface area contributed by atoms with Gasteiger partial charge in [0.1, 0.15) is 5.82 Å². The highest BCUT2D eigenvalue weighted by molar-refractivity contribution is 6.35. The van der Waals surface area contributed by atoms with E-state index >= 15 is 0 Å². The fourth-order valence-corrected chi connectivity index (χ4v) is 3.41. The van der Waals surface area contributed by atoms with E-state index in [2.05, 4.69) is 20.1 Å². The van der Waals surface area contributed by atoms with E-state index in [4.69, 9.17) is 34.8 Å². The second kappa shape index (κ2) is 9.02. The van der Waals surface area contributed by atoms with Crippen LogP contribution in [0, 0.1) is 0 Å². The second-order valence-electron chi connectivity index (χ2n) is 6.20. The summed E-state index contributed by atoms with van der Waals surface area (Å²) in [7, 11) is 0. The minimum absolute atomic E-state index is 0.0750. The average Bonchev–Trinajstić information content (AvgIpc) is 2.61. The highest BCUT2D eigenvalue weighted by atomic mass is 35.5. The third-order valence-corrected chi connectivity index (χ3v) is 5.05. The Kier molecular flexibility index (Phi) is 6.73. The molecule has 1 aliphatic rings. The number of anilines is 1. The third kappa shape index (κ3) is 5.56. The van der Waals surface area contributed by atoms with Crippen molar-refractivity contribution >= 4 is 46.5 Å². The SMILES string of the molecule is O=C(CN1CCN(Cc2ccc(Cl)cc2Cl)CC1)Nc1ccc(Cl)cn1.